The molecule has 2 fully saturated rings. The van der Waals surface area contributed by atoms with Gasteiger partial charge in [0.25, 0.3) is 0 Å². The van der Waals surface area contributed by atoms with Crippen LogP contribution in [-0.4, -0.2) is 13.2 Å². The molecule has 26 heavy (non-hydrogen) atoms. The lowest BCUT2D eigenvalue weighted by atomic mass is 9.94. The van der Waals surface area contributed by atoms with E-state index in [1.165, 1.54) is 25.7 Å². The minimum absolute atomic E-state index is 0.641. The molecule has 2 nitrogen and oxygen atoms in total. The highest BCUT2D eigenvalue weighted by molar-refractivity contribution is 5.20. The monoisotopic (exact) mass is 350 g/mol. The first kappa shape index (κ1) is 16.8. The molecule has 0 saturated heterocycles. The summed E-state index contributed by atoms with van der Waals surface area (Å²) in [6.45, 7) is 3.72. The molecule has 0 N–H and O–H groups in total. The second-order valence-electron chi connectivity index (χ2n) is 9.01. The Morgan fingerprint density at radius 3 is 1.73 bits per heavy atom. The zero-order chi connectivity index (χ0) is 17.6. The third kappa shape index (κ3) is 3.08. The largest absolute Gasteiger partial charge is 0.346 e. The third-order valence-corrected chi connectivity index (χ3v) is 7.28. The normalized spacial score (nSPS) is 39.0. The first-order chi connectivity index (χ1) is 12.7. The molecule has 2 heteroatoms. The van der Waals surface area contributed by atoms with Crippen molar-refractivity contribution >= 4 is 0 Å². The summed E-state index contributed by atoms with van der Waals surface area (Å²) in [5.74, 6) is 3.69. The van der Waals surface area contributed by atoms with Crippen LogP contribution in [0.4, 0.5) is 0 Å². The van der Waals surface area contributed by atoms with E-state index in [2.05, 4.69) is 61.6 Å². The van der Waals surface area contributed by atoms with Crippen LogP contribution in [0, 0.1) is 35.5 Å². The number of hydrogen-bond donors (Lipinski definition) is 0. The standard InChI is InChI=1S/C24H30O2/c1-24(23-5-3-2-4-6-23,25-15-21-13-17-7-9-19(21)11-17)26-16-22-14-18-8-10-20(22)12-18/h2-10,17-22H,11-16H2,1H3. The Morgan fingerprint density at radius 1 is 0.769 bits per heavy atom. The van der Waals surface area contributed by atoms with Crippen molar-refractivity contribution in [3.8, 4) is 0 Å². The lowest BCUT2D eigenvalue weighted by Crippen LogP contribution is -2.34. The minimum atomic E-state index is -0.641. The summed E-state index contributed by atoms with van der Waals surface area (Å²) in [5.41, 5.74) is 1.14. The van der Waals surface area contributed by atoms with Gasteiger partial charge in [0.15, 0.2) is 5.79 Å². The van der Waals surface area contributed by atoms with E-state index in [1.807, 2.05) is 0 Å². The maximum absolute atomic E-state index is 6.52. The molecule has 0 amide bonds. The van der Waals surface area contributed by atoms with E-state index < -0.39 is 5.79 Å². The van der Waals surface area contributed by atoms with Gasteiger partial charge in [0.05, 0.1) is 13.2 Å². The molecule has 1 aromatic carbocycles. The molecule has 2 saturated carbocycles. The van der Waals surface area contributed by atoms with Crippen molar-refractivity contribution in [1.29, 1.82) is 0 Å². The predicted molar refractivity (Wildman–Crippen MR) is 103 cm³/mol. The molecule has 6 unspecified atom stereocenters. The quantitative estimate of drug-likeness (QED) is 0.490. The lowest BCUT2D eigenvalue weighted by Gasteiger charge is -2.34. The topological polar surface area (TPSA) is 18.5 Å². The van der Waals surface area contributed by atoms with Gasteiger partial charge >= 0.3 is 0 Å². The maximum Gasteiger partial charge on any atom is 0.191 e. The van der Waals surface area contributed by atoms with Gasteiger partial charge in [0.1, 0.15) is 0 Å². The molecule has 4 bridgehead atoms. The molecule has 1 aromatic rings. The van der Waals surface area contributed by atoms with E-state index in [4.69, 9.17) is 9.47 Å². The highest BCUT2D eigenvalue weighted by atomic mass is 16.7. The Hall–Kier alpha value is -1.38. The molecule has 5 rings (SSSR count). The Morgan fingerprint density at radius 2 is 1.31 bits per heavy atom. The van der Waals surface area contributed by atoms with E-state index in [-0.39, 0.29) is 0 Å². The van der Waals surface area contributed by atoms with Crippen molar-refractivity contribution < 1.29 is 9.47 Å². The molecule has 0 spiro atoms. The van der Waals surface area contributed by atoms with Crippen LogP contribution in [0.1, 0.15) is 38.2 Å². The fourth-order valence-electron chi connectivity index (χ4n) is 5.65. The number of benzene rings is 1. The van der Waals surface area contributed by atoms with Crippen molar-refractivity contribution in [1.82, 2.24) is 0 Å². The molecule has 0 radical (unpaired) electrons. The Labute approximate surface area is 157 Å². The van der Waals surface area contributed by atoms with Gasteiger partial charge in [-0.1, -0.05) is 54.6 Å². The molecular formula is C24H30O2. The number of fused-ring (bicyclic) bond motifs is 4. The van der Waals surface area contributed by atoms with Gasteiger partial charge in [-0.15, -0.1) is 0 Å². The van der Waals surface area contributed by atoms with E-state index in [0.29, 0.717) is 11.8 Å². The van der Waals surface area contributed by atoms with E-state index >= 15 is 0 Å². The number of ether oxygens (including phenoxy) is 2. The molecule has 0 aliphatic heterocycles. The molecule has 4 aliphatic carbocycles. The summed E-state index contributed by atoms with van der Waals surface area (Å²) < 4.78 is 13.0. The maximum atomic E-state index is 6.52. The average molecular weight is 351 g/mol. The van der Waals surface area contributed by atoms with E-state index in [9.17, 15) is 0 Å². The molecule has 6 atom stereocenters. The van der Waals surface area contributed by atoms with Crippen LogP contribution in [0.15, 0.2) is 54.6 Å². The van der Waals surface area contributed by atoms with Gasteiger partial charge in [-0.3, -0.25) is 0 Å². The predicted octanol–water partition coefficient (Wildman–Crippen LogP) is 5.32. The van der Waals surface area contributed by atoms with Gasteiger partial charge in [-0.2, -0.15) is 0 Å². The fourth-order valence-corrected chi connectivity index (χ4v) is 5.65. The third-order valence-electron chi connectivity index (χ3n) is 7.28. The van der Waals surface area contributed by atoms with Crippen LogP contribution in [0.5, 0.6) is 0 Å². The van der Waals surface area contributed by atoms with E-state index in [1.54, 1.807) is 0 Å². The summed E-state index contributed by atoms with van der Waals surface area (Å²) in [6, 6.07) is 10.5. The van der Waals surface area contributed by atoms with Crippen LogP contribution >= 0.6 is 0 Å². The molecule has 0 aromatic heterocycles. The summed E-state index contributed by atoms with van der Waals surface area (Å²) in [6.07, 6.45) is 14.8. The second kappa shape index (κ2) is 6.65. The first-order valence-electron chi connectivity index (χ1n) is 10.4. The van der Waals surface area contributed by atoms with Gasteiger partial charge in [0.2, 0.25) is 0 Å². The van der Waals surface area contributed by atoms with Crippen molar-refractivity contribution in [2.45, 2.75) is 38.4 Å². The zero-order valence-electron chi connectivity index (χ0n) is 15.7. The van der Waals surface area contributed by atoms with Crippen LogP contribution < -0.4 is 0 Å². The SMILES string of the molecule is CC(OCC1CC2C=CC1C2)(OCC1CC2C=CC1C2)c1ccccc1. The highest BCUT2D eigenvalue weighted by Gasteiger charge is 2.40. The Bertz CT molecular complexity index is 653. The minimum Gasteiger partial charge on any atom is -0.346 e. The summed E-state index contributed by atoms with van der Waals surface area (Å²) >= 11 is 0. The number of hydrogen-bond acceptors (Lipinski definition) is 2. The zero-order valence-corrected chi connectivity index (χ0v) is 15.7. The summed E-state index contributed by atoms with van der Waals surface area (Å²) in [7, 11) is 0. The van der Waals surface area contributed by atoms with Crippen LogP contribution in [0.3, 0.4) is 0 Å². The molecular weight excluding hydrogens is 320 g/mol. The lowest BCUT2D eigenvalue weighted by molar-refractivity contribution is -0.247. The molecule has 0 heterocycles. The van der Waals surface area contributed by atoms with Crippen molar-refractivity contribution in [3.63, 3.8) is 0 Å². The Kier molecular flexibility index (Phi) is 4.29. The van der Waals surface area contributed by atoms with Gasteiger partial charge < -0.3 is 9.47 Å². The average Bonchev–Trinajstić information content (AvgIpc) is 3.47. The Balaban J connectivity index is 1.27. The van der Waals surface area contributed by atoms with Crippen molar-refractivity contribution in [2.75, 3.05) is 13.2 Å². The fraction of sp³-hybridized carbons (Fsp3) is 0.583. The van der Waals surface area contributed by atoms with Crippen LogP contribution in [0.2, 0.25) is 0 Å². The van der Waals surface area contributed by atoms with Crippen LogP contribution in [-0.2, 0) is 15.3 Å². The van der Waals surface area contributed by atoms with Gasteiger partial charge in [-0.05, 0) is 68.1 Å². The van der Waals surface area contributed by atoms with Gasteiger partial charge in [-0.25, -0.2) is 0 Å². The smallest absolute Gasteiger partial charge is 0.191 e. The molecule has 4 aliphatic rings. The van der Waals surface area contributed by atoms with Gasteiger partial charge in [0, 0.05) is 5.56 Å². The second-order valence-corrected chi connectivity index (χ2v) is 9.01. The highest BCUT2D eigenvalue weighted by Crippen LogP contribution is 2.46. The first-order valence-corrected chi connectivity index (χ1v) is 10.4. The van der Waals surface area contributed by atoms with Crippen molar-refractivity contribution in [3.05, 3.63) is 60.2 Å². The summed E-state index contributed by atoms with van der Waals surface area (Å²) in [5, 5.41) is 0. The number of rotatable bonds is 7. The summed E-state index contributed by atoms with van der Waals surface area (Å²) in [4.78, 5) is 0. The van der Waals surface area contributed by atoms with Crippen LogP contribution in [0.25, 0.3) is 0 Å². The van der Waals surface area contributed by atoms with E-state index in [0.717, 1.165) is 42.4 Å². The number of allylic oxidation sites excluding steroid dienone is 4. The van der Waals surface area contributed by atoms with Crippen molar-refractivity contribution in [2.24, 2.45) is 35.5 Å². The molecule has 138 valence electrons.